The van der Waals surface area contributed by atoms with Crippen molar-refractivity contribution in [1.82, 2.24) is 5.32 Å². The summed E-state index contributed by atoms with van der Waals surface area (Å²) >= 11 is 0. The van der Waals surface area contributed by atoms with Crippen LogP contribution in [0.3, 0.4) is 0 Å². The van der Waals surface area contributed by atoms with E-state index < -0.39 is 0 Å². The Hall–Kier alpha value is -2.16. The molecule has 0 amide bonds. The van der Waals surface area contributed by atoms with Crippen LogP contribution in [0.2, 0.25) is 0 Å². The predicted molar refractivity (Wildman–Crippen MR) is 126 cm³/mol. The number of aliphatic imine (C=N–C) groups is 1. The summed E-state index contributed by atoms with van der Waals surface area (Å²) in [5, 5.41) is 6.58. The van der Waals surface area contributed by atoms with Crippen molar-refractivity contribution in [3.05, 3.63) is 48.0 Å². The minimum atomic E-state index is 0. The van der Waals surface area contributed by atoms with E-state index in [1.807, 2.05) is 30.3 Å². The molecule has 7 heteroatoms. The minimum Gasteiger partial charge on any atom is -0.494 e. The van der Waals surface area contributed by atoms with Crippen molar-refractivity contribution in [2.45, 2.75) is 19.8 Å². The molecule has 0 aliphatic carbocycles. The molecule has 0 saturated heterocycles. The van der Waals surface area contributed by atoms with E-state index in [0.717, 1.165) is 37.4 Å². The summed E-state index contributed by atoms with van der Waals surface area (Å²) in [4.78, 5) is 4.27. The van der Waals surface area contributed by atoms with E-state index in [0.29, 0.717) is 17.5 Å². The van der Waals surface area contributed by atoms with Gasteiger partial charge in [-0.3, -0.25) is 4.99 Å². The van der Waals surface area contributed by atoms with Gasteiger partial charge in [-0.1, -0.05) is 19.1 Å². The number of methoxy groups -OCH3 is 2. The lowest BCUT2D eigenvalue weighted by molar-refractivity contribution is 0.317. The Kier molecular flexibility index (Phi) is 11.2. The highest BCUT2D eigenvalue weighted by Crippen LogP contribution is 2.29. The summed E-state index contributed by atoms with van der Waals surface area (Å²) in [5.41, 5.74) is 2.09. The molecule has 0 unspecified atom stereocenters. The first-order valence-electron chi connectivity index (χ1n) is 9.11. The fourth-order valence-electron chi connectivity index (χ4n) is 2.57. The van der Waals surface area contributed by atoms with Gasteiger partial charge in [0.2, 0.25) is 0 Å². The van der Waals surface area contributed by atoms with Gasteiger partial charge < -0.3 is 24.8 Å². The molecule has 0 spiro atoms. The van der Waals surface area contributed by atoms with E-state index in [2.05, 4.69) is 34.7 Å². The summed E-state index contributed by atoms with van der Waals surface area (Å²) < 4.78 is 16.3. The zero-order chi connectivity index (χ0) is 19.5. The van der Waals surface area contributed by atoms with Gasteiger partial charge in [0, 0.05) is 25.3 Å². The van der Waals surface area contributed by atoms with Gasteiger partial charge in [0.15, 0.2) is 17.5 Å². The SMILES string of the molecule is CCCOc1cccc(CCNC(=NC)Nc2ccc(OC)c(OC)c2)c1.I. The van der Waals surface area contributed by atoms with Crippen LogP contribution >= 0.6 is 24.0 Å². The average Bonchev–Trinajstić information content (AvgIpc) is 2.71. The summed E-state index contributed by atoms with van der Waals surface area (Å²) in [7, 11) is 4.98. The third kappa shape index (κ3) is 7.46. The van der Waals surface area contributed by atoms with Crippen LogP contribution in [-0.2, 0) is 6.42 Å². The number of halogens is 1. The van der Waals surface area contributed by atoms with Gasteiger partial charge in [-0.2, -0.15) is 0 Å². The second kappa shape index (κ2) is 13.1. The minimum absolute atomic E-state index is 0. The molecular weight excluding hydrogens is 469 g/mol. The Labute approximate surface area is 184 Å². The van der Waals surface area contributed by atoms with Crippen LogP contribution in [-0.4, -0.2) is 40.4 Å². The Morgan fingerprint density at radius 3 is 2.50 bits per heavy atom. The van der Waals surface area contributed by atoms with Crippen LogP contribution in [0.25, 0.3) is 0 Å². The standard InChI is InChI=1S/C21H29N3O3.HI/c1-5-13-27-18-8-6-7-16(14-18)11-12-23-21(22-2)24-17-9-10-19(25-3)20(15-17)26-4;/h6-10,14-15H,5,11-13H2,1-4H3,(H2,22,23,24);1H. The molecule has 2 N–H and O–H groups in total. The van der Waals surface area contributed by atoms with Crippen molar-refractivity contribution in [3.63, 3.8) is 0 Å². The van der Waals surface area contributed by atoms with Gasteiger partial charge in [-0.25, -0.2) is 0 Å². The molecule has 0 aromatic heterocycles. The van der Waals surface area contributed by atoms with Crippen molar-refractivity contribution < 1.29 is 14.2 Å². The van der Waals surface area contributed by atoms with Crippen LogP contribution in [0.5, 0.6) is 17.2 Å². The van der Waals surface area contributed by atoms with E-state index in [1.54, 1.807) is 21.3 Å². The first-order chi connectivity index (χ1) is 13.2. The first-order valence-corrected chi connectivity index (χ1v) is 9.11. The monoisotopic (exact) mass is 499 g/mol. The van der Waals surface area contributed by atoms with Gasteiger partial charge in [-0.05, 0) is 42.7 Å². The number of benzene rings is 2. The number of hydrogen-bond donors (Lipinski definition) is 2. The van der Waals surface area contributed by atoms with Crippen molar-refractivity contribution in [1.29, 1.82) is 0 Å². The van der Waals surface area contributed by atoms with Crippen molar-refractivity contribution >= 4 is 35.6 Å². The number of anilines is 1. The fourth-order valence-corrected chi connectivity index (χ4v) is 2.57. The number of ether oxygens (including phenoxy) is 3. The molecule has 0 aliphatic heterocycles. The van der Waals surface area contributed by atoms with Crippen LogP contribution in [0.15, 0.2) is 47.5 Å². The summed E-state index contributed by atoms with van der Waals surface area (Å²) in [6.45, 7) is 3.60. The summed E-state index contributed by atoms with van der Waals surface area (Å²) in [6.07, 6.45) is 1.87. The Morgan fingerprint density at radius 2 is 1.82 bits per heavy atom. The second-order valence-electron chi connectivity index (χ2n) is 5.94. The maximum absolute atomic E-state index is 5.69. The molecule has 2 aromatic carbocycles. The number of nitrogens with zero attached hydrogens (tertiary/aromatic N) is 1. The molecular formula is C21H30IN3O3. The third-order valence-corrected chi connectivity index (χ3v) is 3.95. The molecule has 0 fully saturated rings. The first kappa shape index (κ1) is 23.9. The fraction of sp³-hybridized carbons (Fsp3) is 0.381. The number of hydrogen-bond acceptors (Lipinski definition) is 4. The van der Waals surface area contributed by atoms with Crippen LogP contribution in [0.1, 0.15) is 18.9 Å². The van der Waals surface area contributed by atoms with Gasteiger partial charge in [-0.15, -0.1) is 24.0 Å². The quantitative estimate of drug-likeness (QED) is 0.306. The highest BCUT2D eigenvalue weighted by atomic mass is 127. The lowest BCUT2D eigenvalue weighted by Gasteiger charge is -2.14. The summed E-state index contributed by atoms with van der Waals surface area (Å²) in [5.74, 6) is 2.97. The van der Waals surface area contributed by atoms with Gasteiger partial charge in [0.05, 0.1) is 20.8 Å². The Bertz CT molecular complexity index is 753. The smallest absolute Gasteiger partial charge is 0.195 e. The molecule has 2 rings (SSSR count). The van der Waals surface area contributed by atoms with Gasteiger partial charge >= 0.3 is 0 Å². The number of rotatable bonds is 9. The largest absolute Gasteiger partial charge is 0.494 e. The van der Waals surface area contributed by atoms with Crippen LogP contribution in [0, 0.1) is 0 Å². The van der Waals surface area contributed by atoms with Crippen LogP contribution in [0.4, 0.5) is 5.69 Å². The van der Waals surface area contributed by atoms with Crippen molar-refractivity contribution in [2.24, 2.45) is 4.99 Å². The predicted octanol–water partition coefficient (Wildman–Crippen LogP) is 4.34. The number of guanidine groups is 1. The lowest BCUT2D eigenvalue weighted by atomic mass is 10.1. The topological polar surface area (TPSA) is 64.1 Å². The highest BCUT2D eigenvalue weighted by Gasteiger charge is 2.06. The number of nitrogens with one attached hydrogen (secondary N) is 2. The van der Waals surface area contributed by atoms with E-state index in [1.165, 1.54) is 5.56 Å². The van der Waals surface area contributed by atoms with E-state index >= 15 is 0 Å². The van der Waals surface area contributed by atoms with Crippen molar-refractivity contribution in [3.8, 4) is 17.2 Å². The average molecular weight is 499 g/mol. The Balaban J connectivity index is 0.00000392. The van der Waals surface area contributed by atoms with E-state index in [9.17, 15) is 0 Å². The highest BCUT2D eigenvalue weighted by molar-refractivity contribution is 14.0. The van der Waals surface area contributed by atoms with Gasteiger partial charge in [0.1, 0.15) is 5.75 Å². The molecule has 28 heavy (non-hydrogen) atoms. The zero-order valence-electron chi connectivity index (χ0n) is 17.0. The molecule has 6 nitrogen and oxygen atoms in total. The molecule has 0 aliphatic rings. The zero-order valence-corrected chi connectivity index (χ0v) is 19.3. The van der Waals surface area contributed by atoms with Crippen molar-refractivity contribution in [2.75, 3.05) is 39.7 Å². The lowest BCUT2D eigenvalue weighted by Crippen LogP contribution is -2.32. The normalized spacial score (nSPS) is 10.6. The van der Waals surface area contributed by atoms with E-state index in [-0.39, 0.29) is 24.0 Å². The molecule has 0 atom stereocenters. The molecule has 0 heterocycles. The summed E-state index contributed by atoms with van der Waals surface area (Å²) in [6, 6.07) is 13.9. The second-order valence-corrected chi connectivity index (χ2v) is 5.94. The molecule has 154 valence electrons. The van der Waals surface area contributed by atoms with Crippen LogP contribution < -0.4 is 24.8 Å². The molecule has 0 saturated carbocycles. The van der Waals surface area contributed by atoms with E-state index in [4.69, 9.17) is 14.2 Å². The molecule has 0 radical (unpaired) electrons. The van der Waals surface area contributed by atoms with Gasteiger partial charge in [0.25, 0.3) is 0 Å². The molecule has 0 bridgehead atoms. The third-order valence-electron chi connectivity index (χ3n) is 3.95. The Morgan fingerprint density at radius 1 is 1.04 bits per heavy atom. The maximum atomic E-state index is 5.69. The molecule has 2 aromatic rings. The maximum Gasteiger partial charge on any atom is 0.195 e.